The Hall–Kier alpha value is -3.53. The third-order valence-electron chi connectivity index (χ3n) is 5.99. The highest BCUT2D eigenvalue weighted by Crippen LogP contribution is 2.61. The van der Waals surface area contributed by atoms with Crippen molar-refractivity contribution in [3.63, 3.8) is 0 Å². The summed E-state index contributed by atoms with van der Waals surface area (Å²) in [6.07, 6.45) is -6.10. The number of aromatic nitrogens is 2. The van der Waals surface area contributed by atoms with Gasteiger partial charge < -0.3 is 29.7 Å². The molecule has 1 aliphatic rings. The zero-order chi connectivity index (χ0) is 32.1. The summed E-state index contributed by atoms with van der Waals surface area (Å²) in [5.74, 6) is -5.36. The summed E-state index contributed by atoms with van der Waals surface area (Å²) in [6, 6.07) is 15.5. The summed E-state index contributed by atoms with van der Waals surface area (Å²) in [6.45, 7) is -0.107. The van der Waals surface area contributed by atoms with E-state index >= 15 is 0 Å². The number of carbonyl (C=O) groups excluding carboxylic acids is 1. The Labute approximate surface area is 248 Å². The van der Waals surface area contributed by atoms with E-state index in [4.69, 9.17) is 28.6 Å². The molecule has 0 radical (unpaired) electrons. The van der Waals surface area contributed by atoms with E-state index in [0.717, 1.165) is 12.3 Å². The normalized spacial score (nSPS) is 22.8. The van der Waals surface area contributed by atoms with Gasteiger partial charge in [-0.3, -0.25) is 13.9 Å². The van der Waals surface area contributed by atoms with E-state index in [0.29, 0.717) is 10.1 Å². The molecule has 3 unspecified atom stereocenters. The highest BCUT2D eigenvalue weighted by molar-refractivity contribution is 7.63. The van der Waals surface area contributed by atoms with Crippen molar-refractivity contribution < 1.29 is 55.5 Å². The smallest absolute Gasteiger partial charge is 0.460 e. The third kappa shape index (κ3) is 8.34. The van der Waals surface area contributed by atoms with Crippen molar-refractivity contribution in [1.82, 2.24) is 14.6 Å². The average molecular weight is 660 g/mol. The predicted octanol–water partition coefficient (Wildman–Crippen LogP) is 2.76. The van der Waals surface area contributed by atoms with Crippen LogP contribution >= 0.6 is 15.6 Å². The van der Waals surface area contributed by atoms with Crippen LogP contribution in [0.25, 0.3) is 0 Å². The Morgan fingerprint density at radius 1 is 1.16 bits per heavy atom. The zero-order valence-corrected chi connectivity index (χ0v) is 24.6. The molecule has 238 valence electrons. The number of esters is 1. The van der Waals surface area contributed by atoms with Gasteiger partial charge in [0, 0.05) is 6.20 Å². The van der Waals surface area contributed by atoms with Crippen LogP contribution in [-0.4, -0.2) is 56.3 Å². The largest absolute Gasteiger partial charge is 0.481 e. The molecule has 1 aliphatic heterocycles. The number of anilines is 1. The molecular formula is C25H28F2N4O11P2. The van der Waals surface area contributed by atoms with Crippen LogP contribution in [0, 0.1) is 0 Å². The molecule has 0 saturated carbocycles. The number of nitrogens with two attached hydrogens (primary N) is 1. The van der Waals surface area contributed by atoms with E-state index in [9.17, 15) is 37.5 Å². The van der Waals surface area contributed by atoms with Gasteiger partial charge in [-0.15, -0.1) is 0 Å². The molecule has 15 nitrogen and oxygen atoms in total. The molecule has 44 heavy (non-hydrogen) atoms. The van der Waals surface area contributed by atoms with Crippen molar-refractivity contribution in [2.45, 2.75) is 43.9 Å². The number of hydrogen-bond acceptors (Lipinski definition) is 12. The number of nitrogens with zero attached hydrogens (tertiary/aromatic N) is 2. The van der Waals surface area contributed by atoms with E-state index in [1.54, 1.807) is 36.4 Å². The lowest BCUT2D eigenvalue weighted by Crippen LogP contribution is -2.42. The molecule has 19 heteroatoms. The Balaban J connectivity index is 1.45. The number of carbonyl (C=O) groups is 1. The van der Waals surface area contributed by atoms with Crippen molar-refractivity contribution in [2.24, 2.45) is 0 Å². The van der Waals surface area contributed by atoms with Gasteiger partial charge in [0.15, 0.2) is 6.10 Å². The van der Waals surface area contributed by atoms with E-state index < -0.39 is 64.2 Å². The van der Waals surface area contributed by atoms with Crippen molar-refractivity contribution >= 4 is 27.4 Å². The van der Waals surface area contributed by atoms with Gasteiger partial charge in [0.2, 0.25) is 6.23 Å². The molecule has 0 aliphatic carbocycles. The number of aliphatic hydroxyl groups is 1. The lowest BCUT2D eigenvalue weighted by atomic mass is 10.1. The second-order valence-electron chi connectivity index (χ2n) is 9.38. The first-order valence-electron chi connectivity index (χ1n) is 12.8. The maximum absolute atomic E-state index is 14.8. The van der Waals surface area contributed by atoms with Crippen LogP contribution in [0.1, 0.15) is 18.7 Å². The Kier molecular flexibility index (Phi) is 10.3. The average Bonchev–Trinajstić information content (AvgIpc) is 3.18. The molecule has 1 saturated heterocycles. The molecule has 4 rings (SSSR count). The van der Waals surface area contributed by atoms with Crippen molar-refractivity contribution in [2.75, 3.05) is 12.3 Å². The number of aliphatic hydroxyl groups excluding tert-OH is 1. The van der Waals surface area contributed by atoms with Crippen LogP contribution in [0.2, 0.25) is 0 Å². The minimum atomic E-state index is -5.47. The fraction of sp³-hybridized carbons (Fsp3) is 0.320. The summed E-state index contributed by atoms with van der Waals surface area (Å²) in [7, 11) is -10.4. The van der Waals surface area contributed by atoms with E-state index in [1.807, 2.05) is 0 Å². The quantitative estimate of drug-likeness (QED) is 0.153. The molecule has 0 spiro atoms. The summed E-state index contributed by atoms with van der Waals surface area (Å²) in [4.78, 5) is 38.3. The van der Waals surface area contributed by atoms with Gasteiger partial charge in [0.1, 0.15) is 30.3 Å². The molecule has 5 N–H and O–H groups in total. The number of rotatable bonds is 13. The van der Waals surface area contributed by atoms with Crippen LogP contribution in [0.3, 0.4) is 0 Å². The van der Waals surface area contributed by atoms with Gasteiger partial charge in [-0.05, 0) is 30.7 Å². The Morgan fingerprint density at radius 2 is 1.80 bits per heavy atom. The minimum absolute atomic E-state index is 0.104. The number of ether oxygens (including phenoxy) is 2. The lowest BCUT2D eigenvalue weighted by Gasteiger charge is -2.24. The topological polar surface area (TPSA) is 211 Å². The first kappa shape index (κ1) is 33.4. The lowest BCUT2D eigenvalue weighted by molar-refractivity contribution is -0.146. The maximum Gasteiger partial charge on any atom is 0.481 e. The van der Waals surface area contributed by atoms with Crippen LogP contribution in [0.15, 0.2) is 77.7 Å². The van der Waals surface area contributed by atoms with Crippen molar-refractivity contribution in [3.8, 4) is 5.75 Å². The Morgan fingerprint density at radius 3 is 2.43 bits per heavy atom. The SMILES string of the molecule is C[C@H](NP(=O)(Oc1ccccc1)OP(=O)(O)OC[C@H]1O[C@@H](n2ccc(N)nc2=O)C(F)(F)C1O)C(=O)OCc1ccccc1. The second-order valence-corrected chi connectivity index (χ2v) is 12.7. The summed E-state index contributed by atoms with van der Waals surface area (Å²) in [5, 5.41) is 12.4. The number of phosphoric ester groups is 1. The van der Waals surface area contributed by atoms with Gasteiger partial charge in [0.05, 0.1) is 6.61 Å². The van der Waals surface area contributed by atoms with Crippen molar-refractivity contribution in [1.29, 1.82) is 0 Å². The van der Waals surface area contributed by atoms with Crippen LogP contribution < -0.4 is 21.0 Å². The Bertz CT molecular complexity index is 1600. The number of alkyl halides is 2. The molecule has 2 aromatic carbocycles. The summed E-state index contributed by atoms with van der Waals surface area (Å²) < 4.78 is 81.5. The number of hydrogen-bond donors (Lipinski definition) is 4. The number of para-hydroxylation sites is 1. The van der Waals surface area contributed by atoms with Gasteiger partial charge in [-0.25, -0.2) is 13.9 Å². The third-order valence-corrected chi connectivity index (χ3v) is 9.31. The molecule has 1 aromatic heterocycles. The zero-order valence-electron chi connectivity index (χ0n) is 22.8. The van der Waals surface area contributed by atoms with Crippen LogP contribution in [0.5, 0.6) is 5.75 Å². The molecule has 1 fully saturated rings. The molecule has 2 heterocycles. The minimum Gasteiger partial charge on any atom is -0.460 e. The molecular weight excluding hydrogens is 632 g/mol. The standard InChI is InChI=1S/C25H28F2N4O11P2/c1-16(22(33)38-14-17-8-4-2-5-9-17)30-43(35,41-18-10-6-3-7-11-18)42-44(36,37)39-15-19-21(32)25(26,27)23(40-19)31-13-12-20(28)29-24(31)34/h2-13,16,19,21,23,32H,14-15H2,1H3,(H,30,35)(H,36,37)(H2,28,29,34)/t16-,19+,21?,23+,43?/m0/s1. The van der Waals surface area contributed by atoms with Crippen LogP contribution in [0.4, 0.5) is 14.6 Å². The fourth-order valence-electron chi connectivity index (χ4n) is 3.87. The monoisotopic (exact) mass is 660 g/mol. The van der Waals surface area contributed by atoms with Gasteiger partial charge in [-0.1, -0.05) is 48.5 Å². The maximum atomic E-state index is 14.8. The van der Waals surface area contributed by atoms with E-state index in [2.05, 4.69) is 10.1 Å². The van der Waals surface area contributed by atoms with Gasteiger partial charge in [-0.2, -0.15) is 23.2 Å². The highest BCUT2D eigenvalue weighted by Gasteiger charge is 2.60. The van der Waals surface area contributed by atoms with E-state index in [1.165, 1.54) is 31.2 Å². The number of nitrogens with one attached hydrogen (secondary N) is 1. The number of benzene rings is 2. The second kappa shape index (κ2) is 13.6. The summed E-state index contributed by atoms with van der Waals surface area (Å²) in [5.41, 5.74) is 4.82. The van der Waals surface area contributed by atoms with Crippen molar-refractivity contribution in [3.05, 3.63) is 89.0 Å². The highest BCUT2D eigenvalue weighted by atomic mass is 31.3. The number of phosphoric acid groups is 1. The van der Waals surface area contributed by atoms with Gasteiger partial charge in [0.25, 0.3) is 0 Å². The number of halogens is 2. The van der Waals surface area contributed by atoms with E-state index in [-0.39, 0.29) is 18.2 Å². The predicted molar refractivity (Wildman–Crippen MR) is 148 cm³/mol. The van der Waals surface area contributed by atoms with Crippen LogP contribution in [-0.2, 0) is 38.8 Å². The first-order valence-corrected chi connectivity index (χ1v) is 15.8. The number of nitrogen functional groups attached to an aromatic ring is 1. The fourth-order valence-corrected chi connectivity index (χ4v) is 6.83. The molecule has 0 amide bonds. The summed E-state index contributed by atoms with van der Waals surface area (Å²) >= 11 is 0. The molecule has 3 aromatic rings. The molecule has 0 bridgehead atoms. The first-order chi connectivity index (χ1) is 20.7. The van der Waals surface area contributed by atoms with Gasteiger partial charge >= 0.3 is 33.2 Å². The molecule has 6 atom stereocenters.